The Hall–Kier alpha value is -5.32. The lowest BCUT2D eigenvalue weighted by atomic mass is 9.68. The number of H-pyrrole nitrogens is 2. The summed E-state index contributed by atoms with van der Waals surface area (Å²) >= 11 is 0. The van der Waals surface area contributed by atoms with E-state index in [0.29, 0.717) is 38.8 Å². The summed E-state index contributed by atoms with van der Waals surface area (Å²) in [7, 11) is 0. The molecule has 67 heavy (non-hydrogen) atoms. The number of hydrogen-bond acceptors (Lipinski definition) is 7. The summed E-state index contributed by atoms with van der Waals surface area (Å²) in [4.78, 5) is 80.4. The van der Waals surface area contributed by atoms with Crippen molar-refractivity contribution in [2.45, 2.75) is 155 Å². The molecule has 8 atom stereocenters. The van der Waals surface area contributed by atoms with E-state index in [9.17, 15) is 19.2 Å². The highest BCUT2D eigenvalue weighted by molar-refractivity contribution is 6.10. The molecular weight excluding hydrogens is 835 g/mol. The van der Waals surface area contributed by atoms with Crippen LogP contribution in [0.3, 0.4) is 0 Å². The number of anilines is 1. The van der Waals surface area contributed by atoms with E-state index in [1.807, 2.05) is 9.80 Å². The van der Waals surface area contributed by atoms with E-state index >= 15 is 0 Å². The smallest absolute Gasteiger partial charge is 0.237 e. The number of aromatic nitrogens is 4. The van der Waals surface area contributed by atoms with E-state index < -0.39 is 10.8 Å². The number of Topliss-reactive ketones (excluding diaryl/α,β-unsaturated/α-hetero) is 2. The largest absolute Gasteiger partial charge is 0.357 e. The number of imidazole rings is 2. The fraction of sp³-hybridized carbons (Fsp3) is 0.571. The maximum atomic E-state index is 14.6. The first kappa shape index (κ1) is 43.0. The summed E-state index contributed by atoms with van der Waals surface area (Å²) in [5, 5.41) is 0. The van der Waals surface area contributed by atoms with Crippen LogP contribution in [0.1, 0.15) is 178 Å². The van der Waals surface area contributed by atoms with Gasteiger partial charge in [0.2, 0.25) is 11.8 Å². The lowest BCUT2D eigenvalue weighted by Gasteiger charge is -2.39. The second-order valence-electron chi connectivity index (χ2n) is 23.9. The third-order valence-corrected chi connectivity index (χ3v) is 19.4. The third-order valence-electron chi connectivity index (χ3n) is 19.4. The molecule has 0 radical (unpaired) electrons. The Kier molecular flexibility index (Phi) is 9.37. The SMILES string of the molecule is CC(C)(C)c1ccc(N2C(c3ccc4nc(C5CCCN5C(=O)[C@]56CC[C@H](CC5=O)C6(C)C)[nH]c4c3)CC[C@H]2c2ccc3nc(C4CCCN4C(=O)[C@]45CC[C@H](CC4=O)C5(C)C)[nH]c3c2)cc1. The van der Waals surface area contributed by atoms with E-state index in [2.05, 4.69) is 124 Å². The topological polar surface area (TPSA) is 135 Å². The number of nitrogens with one attached hydrogen (secondary N) is 2. The Labute approximate surface area is 394 Å². The summed E-state index contributed by atoms with van der Waals surface area (Å²) < 4.78 is 0. The molecule has 2 amide bonds. The van der Waals surface area contributed by atoms with Gasteiger partial charge in [-0.15, -0.1) is 0 Å². The molecule has 7 aliphatic rings. The zero-order valence-electron chi connectivity index (χ0n) is 40.5. The molecule has 12 rings (SSSR count). The highest BCUT2D eigenvalue weighted by Crippen LogP contribution is 2.66. The average molecular weight is 902 g/mol. The van der Waals surface area contributed by atoms with E-state index in [4.69, 9.17) is 9.97 Å². The zero-order valence-corrected chi connectivity index (χ0v) is 40.5. The van der Waals surface area contributed by atoms with E-state index in [0.717, 1.165) is 85.1 Å². The van der Waals surface area contributed by atoms with Gasteiger partial charge in [-0.25, -0.2) is 9.97 Å². The van der Waals surface area contributed by atoms with Gasteiger partial charge in [-0.3, -0.25) is 19.2 Å². The van der Waals surface area contributed by atoms with Crippen LogP contribution >= 0.6 is 0 Å². The standard InChI is InChI=1S/C56H67N7O4/c1-52(2,3)34-14-16-37(17-15-34)63-42(32-12-18-38-40(28-32)59-48(57-38)44-10-8-26-61(44)50(66)55-24-22-35(30-46(55)64)53(55,4)5)20-21-43(63)33-13-19-39-41(29-33)60-49(58-39)45-11-9-27-62(45)51(67)56-25-23-36(31-47(56)65)54(56,6)7/h12-19,28-29,35-36,42-45H,8-11,20-27,30-31H2,1-7H3,(H,57,59)(H,58,60)/t35-,36-,42+,43?,44?,45?,55+,56+/m1/s1. The first-order chi connectivity index (χ1) is 31.9. The number of ketones is 2. The lowest BCUT2D eigenvalue weighted by Crippen LogP contribution is -2.51. The van der Waals surface area contributed by atoms with Crippen LogP contribution in [0.4, 0.5) is 5.69 Å². The summed E-state index contributed by atoms with van der Waals surface area (Å²) in [6.07, 6.45) is 9.62. The van der Waals surface area contributed by atoms with Crippen molar-refractivity contribution in [3.8, 4) is 0 Å². The lowest BCUT2D eigenvalue weighted by molar-refractivity contribution is -0.155. The van der Waals surface area contributed by atoms with E-state index in [1.165, 1.54) is 22.4 Å². The Morgan fingerprint density at radius 1 is 0.597 bits per heavy atom. The highest BCUT2D eigenvalue weighted by atomic mass is 16.2. The van der Waals surface area contributed by atoms with Crippen LogP contribution < -0.4 is 4.90 Å². The van der Waals surface area contributed by atoms with Gasteiger partial charge in [0.1, 0.15) is 34.0 Å². The molecule has 11 heteroatoms. The average Bonchev–Trinajstić information content (AvgIpc) is 4.18. The molecular formula is C56H67N7O4. The van der Waals surface area contributed by atoms with Gasteiger partial charge in [-0.1, -0.05) is 72.7 Å². The Bertz CT molecular complexity index is 2720. The first-order valence-corrected chi connectivity index (χ1v) is 25.5. The zero-order chi connectivity index (χ0) is 46.6. The van der Waals surface area contributed by atoms with Crippen molar-refractivity contribution in [1.82, 2.24) is 29.7 Å². The maximum absolute atomic E-state index is 14.6. The number of fused-ring (bicyclic) bond motifs is 6. The van der Waals surface area contributed by atoms with Gasteiger partial charge in [0.25, 0.3) is 0 Å². The number of likely N-dealkylation sites (tertiary alicyclic amines) is 2. The molecule has 3 aliphatic heterocycles. The van der Waals surface area contributed by atoms with Gasteiger partial charge in [-0.2, -0.15) is 0 Å². The number of nitrogens with zero attached hydrogens (tertiary/aromatic N) is 5. The summed E-state index contributed by atoms with van der Waals surface area (Å²) in [6, 6.07) is 22.2. The second-order valence-corrected chi connectivity index (χ2v) is 23.9. The van der Waals surface area contributed by atoms with Crippen LogP contribution in [0, 0.1) is 33.5 Å². The Morgan fingerprint density at radius 2 is 1.04 bits per heavy atom. The van der Waals surface area contributed by atoms with Crippen LogP contribution in [-0.2, 0) is 24.6 Å². The van der Waals surface area contributed by atoms with Crippen LogP contribution in [0.2, 0.25) is 0 Å². The molecule has 350 valence electrons. The number of carbonyl (C=O) groups excluding carboxylic acids is 4. The van der Waals surface area contributed by atoms with Crippen molar-refractivity contribution < 1.29 is 19.2 Å². The number of benzene rings is 3. The molecule has 7 fully saturated rings. The van der Waals surface area contributed by atoms with Crippen molar-refractivity contribution in [2.24, 2.45) is 33.5 Å². The van der Waals surface area contributed by atoms with Gasteiger partial charge in [0.05, 0.1) is 46.2 Å². The number of aromatic amines is 2. The minimum atomic E-state index is -0.913. The molecule has 11 nitrogen and oxygen atoms in total. The van der Waals surface area contributed by atoms with Gasteiger partial charge in [-0.05, 0) is 145 Å². The molecule has 0 spiro atoms. The van der Waals surface area contributed by atoms with E-state index in [-0.39, 0.29) is 75.6 Å². The van der Waals surface area contributed by atoms with E-state index in [1.54, 1.807) is 0 Å². The number of amides is 2. The maximum Gasteiger partial charge on any atom is 0.237 e. The van der Waals surface area contributed by atoms with Crippen molar-refractivity contribution in [3.05, 3.63) is 89.0 Å². The predicted octanol–water partition coefficient (Wildman–Crippen LogP) is 10.9. The van der Waals surface area contributed by atoms with Crippen LogP contribution in [0.15, 0.2) is 60.7 Å². The molecule has 3 saturated heterocycles. The molecule has 2 aromatic heterocycles. The summed E-state index contributed by atoms with van der Waals surface area (Å²) in [5.41, 5.74) is 6.16. The Morgan fingerprint density at radius 3 is 1.43 bits per heavy atom. The van der Waals surface area contributed by atoms with Crippen molar-refractivity contribution in [2.75, 3.05) is 18.0 Å². The van der Waals surface area contributed by atoms with Crippen molar-refractivity contribution >= 4 is 51.1 Å². The normalized spacial score (nSPS) is 32.0. The molecule has 4 aliphatic carbocycles. The number of hydrogen-bond donors (Lipinski definition) is 2. The molecule has 4 bridgehead atoms. The van der Waals surface area contributed by atoms with Crippen molar-refractivity contribution in [3.63, 3.8) is 0 Å². The van der Waals surface area contributed by atoms with Crippen LogP contribution in [0.25, 0.3) is 22.1 Å². The van der Waals surface area contributed by atoms with Gasteiger partial charge in [0.15, 0.2) is 0 Å². The summed E-state index contributed by atoms with van der Waals surface area (Å²) in [5.74, 6) is 2.50. The molecule has 5 heterocycles. The van der Waals surface area contributed by atoms with Gasteiger partial charge < -0.3 is 24.7 Å². The van der Waals surface area contributed by atoms with Gasteiger partial charge >= 0.3 is 0 Å². The van der Waals surface area contributed by atoms with Gasteiger partial charge in [0, 0.05) is 31.6 Å². The molecule has 2 N–H and O–H groups in total. The minimum absolute atomic E-state index is 0.0175. The van der Waals surface area contributed by atoms with Crippen molar-refractivity contribution in [1.29, 1.82) is 0 Å². The fourth-order valence-corrected chi connectivity index (χ4v) is 15.2. The summed E-state index contributed by atoms with van der Waals surface area (Å²) in [6.45, 7) is 16.6. The Balaban J connectivity index is 0.848. The number of carbonyl (C=O) groups is 4. The number of rotatable bonds is 7. The monoisotopic (exact) mass is 902 g/mol. The molecule has 5 aromatic rings. The molecule has 3 aromatic carbocycles. The second kappa shape index (κ2) is 14.6. The fourth-order valence-electron chi connectivity index (χ4n) is 15.2. The molecule has 4 saturated carbocycles. The predicted molar refractivity (Wildman–Crippen MR) is 259 cm³/mol. The molecule has 3 unspecified atom stereocenters. The third kappa shape index (κ3) is 5.93. The first-order valence-electron chi connectivity index (χ1n) is 25.5. The highest BCUT2D eigenvalue weighted by Gasteiger charge is 2.70. The minimum Gasteiger partial charge on any atom is -0.357 e. The van der Waals surface area contributed by atoms with Crippen LogP contribution in [-0.4, -0.2) is 66.2 Å². The van der Waals surface area contributed by atoms with Crippen LogP contribution in [0.5, 0.6) is 0 Å². The quantitative estimate of drug-likeness (QED) is 0.155.